The zero-order valence-corrected chi connectivity index (χ0v) is 16.4. The number of aliphatic hydroxyl groups is 1. The van der Waals surface area contributed by atoms with Crippen molar-refractivity contribution in [3.63, 3.8) is 0 Å². The van der Waals surface area contributed by atoms with Crippen molar-refractivity contribution < 1.29 is 14.6 Å². The summed E-state index contributed by atoms with van der Waals surface area (Å²) >= 11 is 0. The summed E-state index contributed by atoms with van der Waals surface area (Å²) in [5.74, 6) is 1.70. The Morgan fingerprint density at radius 1 is 0.571 bits per heavy atom. The van der Waals surface area contributed by atoms with E-state index in [-0.39, 0.29) is 6.61 Å². The molecular formula is C25H28O3. The van der Waals surface area contributed by atoms with E-state index in [1.165, 1.54) is 24.0 Å². The van der Waals surface area contributed by atoms with E-state index in [0.717, 1.165) is 35.7 Å². The van der Waals surface area contributed by atoms with E-state index >= 15 is 0 Å². The molecule has 0 atom stereocenters. The zero-order chi connectivity index (χ0) is 19.6. The van der Waals surface area contributed by atoms with Crippen LogP contribution in [0.1, 0.15) is 26.2 Å². The summed E-state index contributed by atoms with van der Waals surface area (Å²) in [5, 5.41) is 8.82. The molecular weight excluding hydrogens is 348 g/mol. The summed E-state index contributed by atoms with van der Waals surface area (Å²) in [4.78, 5) is 0. The van der Waals surface area contributed by atoms with Crippen LogP contribution in [0.3, 0.4) is 0 Å². The van der Waals surface area contributed by atoms with E-state index in [4.69, 9.17) is 14.6 Å². The van der Waals surface area contributed by atoms with E-state index in [1.54, 1.807) is 0 Å². The Bertz CT molecular complexity index is 821. The minimum absolute atomic E-state index is 0.0230. The van der Waals surface area contributed by atoms with Crippen molar-refractivity contribution in [2.24, 2.45) is 0 Å². The Hall–Kier alpha value is -2.78. The van der Waals surface area contributed by atoms with Gasteiger partial charge in [0.15, 0.2) is 0 Å². The molecule has 1 N–H and O–H groups in total. The molecule has 0 heterocycles. The van der Waals surface area contributed by atoms with Gasteiger partial charge in [-0.3, -0.25) is 0 Å². The van der Waals surface area contributed by atoms with Crippen molar-refractivity contribution in [2.45, 2.75) is 26.2 Å². The van der Waals surface area contributed by atoms with Gasteiger partial charge in [-0.1, -0.05) is 68.3 Å². The van der Waals surface area contributed by atoms with Gasteiger partial charge in [-0.05, 0) is 52.9 Å². The first-order valence-electron chi connectivity index (χ1n) is 9.97. The van der Waals surface area contributed by atoms with Crippen LogP contribution in [0.4, 0.5) is 0 Å². The summed E-state index contributed by atoms with van der Waals surface area (Å²) in [6.07, 6.45) is 3.52. The van der Waals surface area contributed by atoms with Gasteiger partial charge in [0.25, 0.3) is 0 Å². The normalized spacial score (nSPS) is 10.6. The lowest BCUT2D eigenvalue weighted by Gasteiger charge is -2.09. The van der Waals surface area contributed by atoms with E-state index < -0.39 is 0 Å². The fourth-order valence-corrected chi connectivity index (χ4v) is 3.05. The highest BCUT2D eigenvalue weighted by molar-refractivity contribution is 5.71. The quantitative estimate of drug-likeness (QED) is 0.444. The van der Waals surface area contributed by atoms with Crippen LogP contribution in [0.15, 0.2) is 72.8 Å². The van der Waals surface area contributed by atoms with Crippen LogP contribution in [0, 0.1) is 0 Å². The average molecular weight is 376 g/mol. The number of hydrogen-bond donors (Lipinski definition) is 1. The number of aliphatic hydroxyl groups excluding tert-OH is 1. The molecule has 0 bridgehead atoms. The number of ether oxygens (including phenoxy) is 2. The summed E-state index contributed by atoms with van der Waals surface area (Å²) in [6, 6.07) is 24.8. The SMILES string of the molecule is CCCCCOc1ccc(-c2ccc(-c3ccc(OCCO)cc3)cc2)cc1. The summed E-state index contributed by atoms with van der Waals surface area (Å²) in [6.45, 7) is 3.32. The van der Waals surface area contributed by atoms with Crippen molar-refractivity contribution >= 4 is 0 Å². The van der Waals surface area contributed by atoms with Crippen LogP contribution >= 0.6 is 0 Å². The van der Waals surface area contributed by atoms with Crippen LogP contribution in [0.25, 0.3) is 22.3 Å². The van der Waals surface area contributed by atoms with Crippen molar-refractivity contribution in [1.29, 1.82) is 0 Å². The number of benzene rings is 3. The predicted molar refractivity (Wildman–Crippen MR) is 115 cm³/mol. The minimum atomic E-state index is 0.0230. The molecule has 0 aromatic heterocycles. The van der Waals surface area contributed by atoms with Crippen molar-refractivity contribution in [3.05, 3.63) is 72.8 Å². The average Bonchev–Trinajstić information content (AvgIpc) is 2.76. The van der Waals surface area contributed by atoms with Crippen LogP contribution in [-0.4, -0.2) is 24.9 Å². The van der Waals surface area contributed by atoms with E-state index in [1.807, 2.05) is 36.4 Å². The molecule has 0 aliphatic heterocycles. The third-order valence-electron chi connectivity index (χ3n) is 4.64. The van der Waals surface area contributed by atoms with Gasteiger partial charge in [-0.15, -0.1) is 0 Å². The molecule has 3 aromatic rings. The zero-order valence-electron chi connectivity index (χ0n) is 16.4. The van der Waals surface area contributed by atoms with Gasteiger partial charge in [0.2, 0.25) is 0 Å². The molecule has 3 rings (SSSR count). The Kier molecular flexibility index (Phi) is 7.51. The lowest BCUT2D eigenvalue weighted by atomic mass is 10.0. The van der Waals surface area contributed by atoms with Crippen LogP contribution < -0.4 is 9.47 Å². The first-order valence-corrected chi connectivity index (χ1v) is 9.97. The van der Waals surface area contributed by atoms with E-state index in [0.29, 0.717) is 6.61 Å². The highest BCUT2D eigenvalue weighted by atomic mass is 16.5. The van der Waals surface area contributed by atoms with Gasteiger partial charge in [0.1, 0.15) is 18.1 Å². The molecule has 146 valence electrons. The number of unbranched alkanes of at least 4 members (excludes halogenated alkanes) is 2. The Labute approximate surface area is 167 Å². The fraction of sp³-hybridized carbons (Fsp3) is 0.280. The van der Waals surface area contributed by atoms with Gasteiger partial charge in [-0.25, -0.2) is 0 Å². The van der Waals surface area contributed by atoms with Crippen molar-refractivity contribution in [2.75, 3.05) is 19.8 Å². The molecule has 28 heavy (non-hydrogen) atoms. The Morgan fingerprint density at radius 3 is 1.36 bits per heavy atom. The van der Waals surface area contributed by atoms with Gasteiger partial charge < -0.3 is 14.6 Å². The molecule has 0 unspecified atom stereocenters. The van der Waals surface area contributed by atoms with Crippen LogP contribution in [0.2, 0.25) is 0 Å². The first kappa shape index (κ1) is 20.0. The molecule has 0 saturated heterocycles. The number of hydrogen-bond acceptors (Lipinski definition) is 3. The van der Waals surface area contributed by atoms with E-state index in [2.05, 4.69) is 43.3 Å². The molecule has 0 radical (unpaired) electrons. The molecule has 0 saturated carbocycles. The minimum Gasteiger partial charge on any atom is -0.494 e. The smallest absolute Gasteiger partial charge is 0.119 e. The maximum absolute atomic E-state index is 8.82. The first-order chi connectivity index (χ1) is 13.8. The van der Waals surface area contributed by atoms with Crippen molar-refractivity contribution in [1.82, 2.24) is 0 Å². The summed E-state index contributed by atoms with van der Waals surface area (Å²) < 4.78 is 11.2. The summed E-state index contributed by atoms with van der Waals surface area (Å²) in [7, 11) is 0. The second kappa shape index (κ2) is 10.5. The molecule has 3 aromatic carbocycles. The molecule has 0 aliphatic carbocycles. The molecule has 0 aliphatic rings. The van der Waals surface area contributed by atoms with Gasteiger partial charge in [0.05, 0.1) is 13.2 Å². The molecule has 0 fully saturated rings. The largest absolute Gasteiger partial charge is 0.494 e. The molecule has 0 spiro atoms. The third kappa shape index (κ3) is 5.61. The van der Waals surface area contributed by atoms with Gasteiger partial charge in [-0.2, -0.15) is 0 Å². The highest BCUT2D eigenvalue weighted by Crippen LogP contribution is 2.27. The third-order valence-corrected chi connectivity index (χ3v) is 4.64. The fourth-order valence-electron chi connectivity index (χ4n) is 3.05. The topological polar surface area (TPSA) is 38.7 Å². The number of rotatable bonds is 10. The van der Waals surface area contributed by atoms with Gasteiger partial charge >= 0.3 is 0 Å². The lowest BCUT2D eigenvalue weighted by molar-refractivity contribution is 0.201. The van der Waals surface area contributed by atoms with Crippen molar-refractivity contribution in [3.8, 4) is 33.8 Å². The maximum atomic E-state index is 8.82. The van der Waals surface area contributed by atoms with Crippen LogP contribution in [-0.2, 0) is 0 Å². The Morgan fingerprint density at radius 2 is 0.964 bits per heavy atom. The molecule has 3 heteroatoms. The lowest BCUT2D eigenvalue weighted by Crippen LogP contribution is -2.01. The van der Waals surface area contributed by atoms with Gasteiger partial charge in [0, 0.05) is 0 Å². The molecule has 0 amide bonds. The standard InChI is InChI=1S/C25H28O3/c1-2-3-4-18-27-24-13-9-22(10-14-24)20-5-7-21(8-6-20)23-11-15-25(16-12-23)28-19-17-26/h5-16,26H,2-4,17-19H2,1H3. The Balaban J connectivity index is 1.62. The maximum Gasteiger partial charge on any atom is 0.119 e. The van der Waals surface area contributed by atoms with Crippen LogP contribution in [0.5, 0.6) is 11.5 Å². The highest BCUT2D eigenvalue weighted by Gasteiger charge is 2.02. The second-order valence-electron chi connectivity index (χ2n) is 6.75. The predicted octanol–water partition coefficient (Wildman–Crippen LogP) is 5.96. The second-order valence-corrected chi connectivity index (χ2v) is 6.75. The summed E-state index contributed by atoms with van der Waals surface area (Å²) in [5.41, 5.74) is 4.66. The monoisotopic (exact) mass is 376 g/mol. The molecule has 3 nitrogen and oxygen atoms in total. The van der Waals surface area contributed by atoms with E-state index in [9.17, 15) is 0 Å².